The molecule has 0 atom stereocenters. The molecular formula is C21H25N5O3S. The van der Waals surface area contributed by atoms with Gasteiger partial charge in [-0.05, 0) is 48.4 Å². The smallest absolute Gasteiger partial charge is 0.252 e. The summed E-state index contributed by atoms with van der Waals surface area (Å²) in [6, 6.07) is 11.6. The van der Waals surface area contributed by atoms with Crippen LogP contribution in [0.2, 0.25) is 0 Å². The van der Waals surface area contributed by atoms with Crippen molar-refractivity contribution in [2.24, 2.45) is 0 Å². The van der Waals surface area contributed by atoms with Crippen LogP contribution in [0.3, 0.4) is 0 Å². The van der Waals surface area contributed by atoms with Crippen molar-refractivity contribution in [3.8, 4) is 0 Å². The Labute approximate surface area is 176 Å². The molecular weight excluding hydrogens is 402 g/mol. The summed E-state index contributed by atoms with van der Waals surface area (Å²) in [5.74, 6) is 0.845. The molecule has 4 heterocycles. The Bertz CT molecular complexity index is 1140. The van der Waals surface area contributed by atoms with Gasteiger partial charge in [0, 0.05) is 56.8 Å². The summed E-state index contributed by atoms with van der Waals surface area (Å²) in [6.07, 6.45) is 7.32. The molecule has 0 radical (unpaired) electrons. The van der Waals surface area contributed by atoms with Gasteiger partial charge < -0.3 is 14.6 Å². The van der Waals surface area contributed by atoms with Crippen molar-refractivity contribution in [3.05, 3.63) is 66.1 Å². The van der Waals surface area contributed by atoms with Crippen molar-refractivity contribution in [3.63, 3.8) is 0 Å². The van der Waals surface area contributed by atoms with Crippen LogP contribution in [0.5, 0.6) is 0 Å². The highest BCUT2D eigenvalue weighted by Crippen LogP contribution is 2.22. The predicted molar refractivity (Wildman–Crippen MR) is 116 cm³/mol. The van der Waals surface area contributed by atoms with E-state index in [1.165, 1.54) is 10.6 Å². The van der Waals surface area contributed by atoms with Crippen molar-refractivity contribution < 1.29 is 13.2 Å². The molecule has 158 valence electrons. The second-order valence-corrected chi connectivity index (χ2v) is 9.40. The van der Waals surface area contributed by atoms with Crippen LogP contribution in [0.25, 0.3) is 5.52 Å². The number of anilines is 1. The lowest BCUT2D eigenvalue weighted by atomic mass is 10.2. The van der Waals surface area contributed by atoms with Crippen LogP contribution in [0.1, 0.15) is 15.9 Å². The molecule has 8 nitrogen and oxygen atoms in total. The number of nitrogens with one attached hydrogen (secondary N) is 1. The quantitative estimate of drug-likeness (QED) is 0.642. The third-order valence-corrected chi connectivity index (χ3v) is 6.68. The van der Waals surface area contributed by atoms with Crippen LogP contribution in [-0.2, 0) is 16.4 Å². The molecule has 1 aliphatic heterocycles. The SMILES string of the molecule is CS(=O)(=O)N1CCN(c2ccc3ccc(C(=O)NCCc4ccncc4)cn23)CC1. The first-order valence-corrected chi connectivity index (χ1v) is 11.7. The number of fused-ring (bicyclic) bond motifs is 1. The average Bonchev–Trinajstić information content (AvgIpc) is 3.17. The number of sulfonamides is 1. The van der Waals surface area contributed by atoms with Gasteiger partial charge in [0.15, 0.2) is 0 Å². The van der Waals surface area contributed by atoms with Crippen LogP contribution < -0.4 is 10.2 Å². The Morgan fingerprint density at radius 3 is 2.43 bits per heavy atom. The van der Waals surface area contributed by atoms with Crippen molar-refractivity contribution in [2.45, 2.75) is 6.42 Å². The van der Waals surface area contributed by atoms with Crippen molar-refractivity contribution in [2.75, 3.05) is 43.9 Å². The summed E-state index contributed by atoms with van der Waals surface area (Å²) < 4.78 is 27.0. The Hall–Kier alpha value is -2.91. The van der Waals surface area contributed by atoms with E-state index in [0.717, 1.165) is 23.3 Å². The largest absolute Gasteiger partial charge is 0.355 e. The standard InChI is InChI=1S/C21H25N5O3S/c1-30(28,29)25-14-12-24(13-15-25)20-5-4-19-3-2-18(16-26(19)20)21(27)23-11-8-17-6-9-22-10-7-17/h2-7,9-10,16H,8,11-15H2,1H3,(H,23,27). The summed E-state index contributed by atoms with van der Waals surface area (Å²) >= 11 is 0. The molecule has 3 aromatic heterocycles. The van der Waals surface area contributed by atoms with E-state index >= 15 is 0 Å². The van der Waals surface area contributed by atoms with E-state index in [4.69, 9.17) is 0 Å². The first-order valence-electron chi connectivity index (χ1n) is 9.90. The van der Waals surface area contributed by atoms with Crippen molar-refractivity contribution >= 4 is 27.3 Å². The summed E-state index contributed by atoms with van der Waals surface area (Å²) in [4.78, 5) is 18.8. The van der Waals surface area contributed by atoms with Crippen LogP contribution in [0, 0.1) is 0 Å². The fourth-order valence-corrected chi connectivity index (χ4v) is 4.53. The first-order chi connectivity index (χ1) is 14.4. The molecule has 3 aromatic rings. The maximum atomic E-state index is 12.6. The number of pyridine rings is 2. The Balaban J connectivity index is 1.44. The van der Waals surface area contributed by atoms with E-state index in [-0.39, 0.29) is 5.91 Å². The van der Waals surface area contributed by atoms with Gasteiger partial charge in [-0.25, -0.2) is 8.42 Å². The van der Waals surface area contributed by atoms with E-state index in [1.54, 1.807) is 12.4 Å². The monoisotopic (exact) mass is 427 g/mol. The molecule has 0 aliphatic carbocycles. The van der Waals surface area contributed by atoms with E-state index in [9.17, 15) is 13.2 Å². The number of hydrogen-bond acceptors (Lipinski definition) is 5. The second-order valence-electron chi connectivity index (χ2n) is 7.41. The van der Waals surface area contributed by atoms with Crippen LogP contribution in [0.15, 0.2) is 55.0 Å². The molecule has 0 aromatic carbocycles. The molecule has 30 heavy (non-hydrogen) atoms. The summed E-state index contributed by atoms with van der Waals surface area (Å²) in [5, 5.41) is 2.97. The van der Waals surface area contributed by atoms with E-state index in [0.29, 0.717) is 38.3 Å². The van der Waals surface area contributed by atoms with Crippen LogP contribution in [0.4, 0.5) is 5.82 Å². The summed E-state index contributed by atoms with van der Waals surface area (Å²) in [7, 11) is -3.16. The lowest BCUT2D eigenvalue weighted by Crippen LogP contribution is -2.48. The number of aromatic nitrogens is 2. The Morgan fingerprint density at radius 1 is 1.03 bits per heavy atom. The highest BCUT2D eigenvalue weighted by Gasteiger charge is 2.24. The highest BCUT2D eigenvalue weighted by atomic mass is 32.2. The van der Waals surface area contributed by atoms with Gasteiger partial charge in [0.1, 0.15) is 5.82 Å². The first kappa shape index (κ1) is 20.4. The van der Waals surface area contributed by atoms with Gasteiger partial charge in [0.25, 0.3) is 5.91 Å². The maximum absolute atomic E-state index is 12.6. The Kier molecular flexibility index (Phi) is 5.74. The lowest BCUT2D eigenvalue weighted by Gasteiger charge is -2.34. The van der Waals surface area contributed by atoms with Gasteiger partial charge in [-0.1, -0.05) is 0 Å². The molecule has 0 spiro atoms. The number of piperazine rings is 1. The minimum atomic E-state index is -3.16. The zero-order chi connectivity index (χ0) is 21.1. The molecule has 1 amide bonds. The number of amides is 1. The molecule has 9 heteroatoms. The molecule has 0 bridgehead atoms. The zero-order valence-electron chi connectivity index (χ0n) is 16.9. The van der Waals surface area contributed by atoms with Gasteiger partial charge in [-0.15, -0.1) is 0 Å². The second kappa shape index (κ2) is 8.45. The number of nitrogens with zero attached hydrogens (tertiary/aromatic N) is 4. The molecule has 1 N–H and O–H groups in total. The van der Waals surface area contributed by atoms with Crippen LogP contribution in [-0.4, -0.2) is 67.0 Å². The van der Waals surface area contributed by atoms with Gasteiger partial charge in [-0.3, -0.25) is 9.78 Å². The molecule has 0 saturated carbocycles. The predicted octanol–water partition coefficient (Wildman–Crippen LogP) is 1.39. The average molecular weight is 428 g/mol. The van der Waals surface area contributed by atoms with Gasteiger partial charge in [0.05, 0.1) is 11.8 Å². The summed E-state index contributed by atoms with van der Waals surface area (Å²) in [5.41, 5.74) is 2.70. The summed E-state index contributed by atoms with van der Waals surface area (Å²) in [6.45, 7) is 2.69. The number of carbonyl (C=O) groups is 1. The van der Waals surface area contributed by atoms with Crippen molar-refractivity contribution in [1.29, 1.82) is 0 Å². The third kappa shape index (κ3) is 4.47. The fourth-order valence-electron chi connectivity index (χ4n) is 3.70. The minimum absolute atomic E-state index is 0.118. The lowest BCUT2D eigenvalue weighted by molar-refractivity contribution is 0.0953. The Morgan fingerprint density at radius 2 is 1.73 bits per heavy atom. The number of carbonyl (C=O) groups excluding carboxylic acids is 1. The van der Waals surface area contributed by atoms with E-state index in [1.807, 2.05) is 47.0 Å². The van der Waals surface area contributed by atoms with Crippen molar-refractivity contribution in [1.82, 2.24) is 19.0 Å². The zero-order valence-corrected chi connectivity index (χ0v) is 17.7. The van der Waals surface area contributed by atoms with E-state index < -0.39 is 10.0 Å². The molecule has 1 fully saturated rings. The van der Waals surface area contributed by atoms with Gasteiger partial charge >= 0.3 is 0 Å². The topological polar surface area (TPSA) is 87.0 Å². The third-order valence-electron chi connectivity index (χ3n) is 5.37. The molecule has 4 rings (SSSR count). The number of hydrogen-bond donors (Lipinski definition) is 1. The van der Waals surface area contributed by atoms with Crippen LogP contribution >= 0.6 is 0 Å². The molecule has 0 unspecified atom stereocenters. The van der Waals surface area contributed by atoms with Gasteiger partial charge in [-0.2, -0.15) is 4.31 Å². The van der Waals surface area contributed by atoms with E-state index in [2.05, 4.69) is 15.2 Å². The maximum Gasteiger partial charge on any atom is 0.252 e. The molecule has 1 saturated heterocycles. The highest BCUT2D eigenvalue weighted by molar-refractivity contribution is 7.88. The number of rotatable bonds is 6. The normalized spacial score (nSPS) is 15.4. The van der Waals surface area contributed by atoms with Gasteiger partial charge in [0.2, 0.25) is 10.0 Å². The minimum Gasteiger partial charge on any atom is -0.355 e. The molecule has 1 aliphatic rings. The fraction of sp³-hybridized carbons (Fsp3) is 0.333.